The van der Waals surface area contributed by atoms with Crippen LogP contribution in [-0.4, -0.2) is 30.2 Å². The molecule has 0 N–H and O–H groups in total. The van der Waals surface area contributed by atoms with Crippen LogP contribution < -0.4 is 0 Å². The van der Waals surface area contributed by atoms with Gasteiger partial charge in [0.15, 0.2) is 0 Å². The third-order valence-electron chi connectivity index (χ3n) is 1.78. The van der Waals surface area contributed by atoms with Crippen LogP contribution in [-0.2, 0) is 9.47 Å². The van der Waals surface area contributed by atoms with E-state index in [-0.39, 0.29) is 18.5 Å². The second-order valence-corrected chi connectivity index (χ2v) is 2.95. The Hall–Kier alpha value is -1.89. The van der Waals surface area contributed by atoms with Gasteiger partial charge in [-0.3, -0.25) is 10.1 Å². The summed E-state index contributed by atoms with van der Waals surface area (Å²) in [6.07, 6.45) is -0.0427. The largest absolute Gasteiger partial charge is 0.457 e. The standard InChI is InChI=1S/C8H7NO6/c10-8(14-4-5-3-13-5)6-1-2-7(15-6)9(11)12/h1-2,5H,3-4H2. The van der Waals surface area contributed by atoms with E-state index < -0.39 is 16.8 Å². The lowest BCUT2D eigenvalue weighted by molar-refractivity contribution is -0.402. The van der Waals surface area contributed by atoms with Crippen molar-refractivity contribution in [3.8, 4) is 0 Å². The maximum absolute atomic E-state index is 11.2. The zero-order valence-corrected chi connectivity index (χ0v) is 7.54. The van der Waals surface area contributed by atoms with Gasteiger partial charge in [0.05, 0.1) is 12.7 Å². The summed E-state index contributed by atoms with van der Waals surface area (Å²) in [5.41, 5.74) is 0. The first-order valence-electron chi connectivity index (χ1n) is 4.20. The molecule has 0 amide bonds. The molecule has 2 rings (SSSR count). The molecule has 1 aromatic heterocycles. The molecular formula is C8H7NO6. The Morgan fingerprint density at radius 3 is 2.93 bits per heavy atom. The fourth-order valence-electron chi connectivity index (χ4n) is 0.940. The van der Waals surface area contributed by atoms with Crippen molar-refractivity contribution in [3.63, 3.8) is 0 Å². The van der Waals surface area contributed by atoms with Crippen LogP contribution in [0.3, 0.4) is 0 Å². The van der Waals surface area contributed by atoms with Crippen LogP contribution in [0.4, 0.5) is 5.88 Å². The van der Waals surface area contributed by atoms with Crippen LogP contribution in [0.15, 0.2) is 16.5 Å². The summed E-state index contributed by atoms with van der Waals surface area (Å²) in [6.45, 7) is 0.721. The van der Waals surface area contributed by atoms with Crippen LogP contribution in [0.2, 0.25) is 0 Å². The van der Waals surface area contributed by atoms with E-state index in [1.165, 1.54) is 6.07 Å². The van der Waals surface area contributed by atoms with Crippen molar-refractivity contribution >= 4 is 11.9 Å². The molecule has 1 unspecified atom stereocenters. The highest BCUT2D eigenvalue weighted by atomic mass is 16.7. The first kappa shape index (κ1) is 9.66. The summed E-state index contributed by atoms with van der Waals surface area (Å²) in [7, 11) is 0. The summed E-state index contributed by atoms with van der Waals surface area (Å²) in [6, 6.07) is 2.30. The van der Waals surface area contributed by atoms with Crippen LogP contribution >= 0.6 is 0 Å². The van der Waals surface area contributed by atoms with E-state index in [1.807, 2.05) is 0 Å². The number of nitrogens with zero attached hydrogens (tertiary/aromatic N) is 1. The second-order valence-electron chi connectivity index (χ2n) is 2.95. The number of nitro groups is 1. The zero-order valence-electron chi connectivity index (χ0n) is 7.54. The summed E-state index contributed by atoms with van der Waals surface area (Å²) in [4.78, 5) is 20.7. The average Bonchev–Trinajstić information content (AvgIpc) is 2.88. The van der Waals surface area contributed by atoms with Crippen molar-refractivity contribution in [2.75, 3.05) is 13.2 Å². The normalized spacial score (nSPS) is 18.5. The summed E-state index contributed by atoms with van der Waals surface area (Å²) in [5, 5.41) is 10.3. The van der Waals surface area contributed by atoms with Gasteiger partial charge in [0, 0.05) is 0 Å². The highest BCUT2D eigenvalue weighted by molar-refractivity contribution is 5.86. The Labute approximate surface area is 83.7 Å². The number of ether oxygens (including phenoxy) is 2. The summed E-state index contributed by atoms with van der Waals surface area (Å²) in [5.74, 6) is -1.38. The van der Waals surface area contributed by atoms with E-state index in [9.17, 15) is 14.9 Å². The number of rotatable bonds is 4. The molecular weight excluding hydrogens is 206 g/mol. The van der Waals surface area contributed by atoms with Gasteiger partial charge < -0.3 is 13.9 Å². The number of carbonyl (C=O) groups is 1. The number of furan rings is 1. The minimum atomic E-state index is -0.724. The van der Waals surface area contributed by atoms with Gasteiger partial charge in [-0.2, -0.15) is 0 Å². The van der Waals surface area contributed by atoms with Gasteiger partial charge in [-0.25, -0.2) is 4.79 Å². The van der Waals surface area contributed by atoms with Crippen LogP contribution in [0, 0.1) is 10.1 Å². The van der Waals surface area contributed by atoms with E-state index in [0.717, 1.165) is 6.07 Å². The Balaban J connectivity index is 1.94. The van der Waals surface area contributed by atoms with Gasteiger partial charge >= 0.3 is 11.9 Å². The third kappa shape index (κ3) is 2.32. The highest BCUT2D eigenvalue weighted by Crippen LogP contribution is 2.17. The molecule has 15 heavy (non-hydrogen) atoms. The van der Waals surface area contributed by atoms with Crippen molar-refractivity contribution in [3.05, 3.63) is 28.0 Å². The number of hydrogen-bond acceptors (Lipinski definition) is 6. The van der Waals surface area contributed by atoms with E-state index >= 15 is 0 Å². The lowest BCUT2D eigenvalue weighted by Gasteiger charge is -1.97. The van der Waals surface area contributed by atoms with Crippen molar-refractivity contribution in [2.45, 2.75) is 6.10 Å². The second kappa shape index (κ2) is 3.70. The Morgan fingerprint density at radius 2 is 2.40 bits per heavy atom. The fraction of sp³-hybridized carbons (Fsp3) is 0.375. The minimum absolute atomic E-state index is 0.0427. The monoisotopic (exact) mass is 213 g/mol. The lowest BCUT2D eigenvalue weighted by Crippen LogP contribution is -2.09. The molecule has 1 aliphatic heterocycles. The van der Waals surface area contributed by atoms with Crippen molar-refractivity contribution < 1.29 is 23.6 Å². The fourth-order valence-corrected chi connectivity index (χ4v) is 0.940. The van der Waals surface area contributed by atoms with Gasteiger partial charge in [0.25, 0.3) is 0 Å². The highest BCUT2D eigenvalue weighted by Gasteiger charge is 2.26. The molecule has 80 valence electrons. The molecule has 1 fully saturated rings. The van der Waals surface area contributed by atoms with Crippen LogP contribution in [0.25, 0.3) is 0 Å². The maximum Gasteiger partial charge on any atom is 0.433 e. The third-order valence-corrected chi connectivity index (χ3v) is 1.78. The lowest BCUT2D eigenvalue weighted by atomic mass is 10.4. The molecule has 0 saturated carbocycles. The molecule has 1 aromatic rings. The van der Waals surface area contributed by atoms with Crippen molar-refractivity contribution in [2.24, 2.45) is 0 Å². The van der Waals surface area contributed by atoms with Gasteiger partial charge in [0.2, 0.25) is 5.76 Å². The molecule has 0 aliphatic carbocycles. The molecule has 0 radical (unpaired) electrons. The number of carbonyl (C=O) groups excluding carboxylic acids is 1. The van der Waals surface area contributed by atoms with E-state index in [4.69, 9.17) is 9.47 Å². The Bertz CT molecular complexity index is 394. The molecule has 0 spiro atoms. The predicted octanol–water partition coefficient (Wildman–Crippen LogP) is 0.743. The first-order chi connectivity index (χ1) is 7.16. The number of esters is 1. The molecule has 1 atom stereocenters. The molecule has 7 heteroatoms. The van der Waals surface area contributed by atoms with E-state index in [0.29, 0.717) is 6.61 Å². The number of hydrogen-bond donors (Lipinski definition) is 0. The summed E-state index contributed by atoms with van der Waals surface area (Å²) >= 11 is 0. The van der Waals surface area contributed by atoms with Crippen molar-refractivity contribution in [1.29, 1.82) is 0 Å². The quantitative estimate of drug-likeness (QED) is 0.317. The van der Waals surface area contributed by atoms with Gasteiger partial charge in [-0.1, -0.05) is 0 Å². The van der Waals surface area contributed by atoms with Crippen LogP contribution in [0.5, 0.6) is 0 Å². The van der Waals surface area contributed by atoms with Gasteiger partial charge in [0.1, 0.15) is 17.6 Å². The van der Waals surface area contributed by atoms with Crippen LogP contribution in [0.1, 0.15) is 10.6 Å². The van der Waals surface area contributed by atoms with E-state index in [1.54, 1.807) is 0 Å². The maximum atomic E-state index is 11.2. The minimum Gasteiger partial charge on any atom is -0.457 e. The SMILES string of the molecule is O=C(OCC1CO1)c1ccc([N+](=O)[O-])o1. The molecule has 1 saturated heterocycles. The average molecular weight is 213 g/mol. The summed E-state index contributed by atoms with van der Waals surface area (Å²) < 4.78 is 14.2. The van der Waals surface area contributed by atoms with E-state index in [2.05, 4.69) is 4.42 Å². The molecule has 1 aliphatic rings. The van der Waals surface area contributed by atoms with Crippen molar-refractivity contribution in [1.82, 2.24) is 0 Å². The van der Waals surface area contributed by atoms with Gasteiger partial charge in [-0.05, 0) is 6.07 Å². The smallest absolute Gasteiger partial charge is 0.433 e. The molecule has 7 nitrogen and oxygen atoms in total. The Morgan fingerprint density at radius 1 is 1.67 bits per heavy atom. The zero-order chi connectivity index (χ0) is 10.8. The topological polar surface area (TPSA) is 95.1 Å². The first-order valence-corrected chi connectivity index (χ1v) is 4.20. The molecule has 2 heterocycles. The molecule has 0 aromatic carbocycles. The predicted molar refractivity (Wildman–Crippen MR) is 45.4 cm³/mol. The Kier molecular flexibility index (Phi) is 2.38. The number of epoxide rings is 1. The van der Waals surface area contributed by atoms with Gasteiger partial charge in [-0.15, -0.1) is 0 Å². The molecule has 0 bridgehead atoms.